The van der Waals surface area contributed by atoms with Gasteiger partial charge in [-0.25, -0.2) is 0 Å². The summed E-state index contributed by atoms with van der Waals surface area (Å²) in [5.41, 5.74) is 0.347. The smallest absolute Gasteiger partial charge is 0.0616 e. The first kappa shape index (κ1) is 4.77. The molecule has 2 nitrogen and oxygen atoms in total. The van der Waals surface area contributed by atoms with Gasteiger partial charge in [-0.1, -0.05) is 0 Å². The molecule has 46 valence electrons. The molecule has 0 aromatic heterocycles. The third-order valence-corrected chi connectivity index (χ3v) is 2.42. The van der Waals surface area contributed by atoms with E-state index in [2.05, 4.69) is 5.32 Å². The summed E-state index contributed by atoms with van der Waals surface area (Å²) in [6, 6.07) is 0. The number of rotatable bonds is 0. The van der Waals surface area contributed by atoms with Crippen molar-refractivity contribution < 1.29 is 5.11 Å². The first-order valence-corrected chi connectivity index (χ1v) is 3.22. The first-order chi connectivity index (χ1) is 3.83. The summed E-state index contributed by atoms with van der Waals surface area (Å²) < 4.78 is 0. The average molecular weight is 113 g/mol. The zero-order valence-corrected chi connectivity index (χ0v) is 4.85. The van der Waals surface area contributed by atoms with Gasteiger partial charge in [0.2, 0.25) is 0 Å². The Morgan fingerprint density at radius 2 is 2.38 bits per heavy atom. The van der Waals surface area contributed by atoms with Crippen LogP contribution in [0.4, 0.5) is 0 Å². The van der Waals surface area contributed by atoms with Crippen molar-refractivity contribution in [1.82, 2.24) is 5.32 Å². The molecule has 2 fully saturated rings. The van der Waals surface area contributed by atoms with E-state index in [9.17, 15) is 0 Å². The second-order valence-corrected chi connectivity index (χ2v) is 3.01. The molecule has 1 aliphatic carbocycles. The van der Waals surface area contributed by atoms with Crippen LogP contribution in [0.2, 0.25) is 0 Å². The van der Waals surface area contributed by atoms with Gasteiger partial charge in [0.15, 0.2) is 0 Å². The van der Waals surface area contributed by atoms with Crippen LogP contribution in [-0.2, 0) is 0 Å². The second-order valence-electron chi connectivity index (χ2n) is 3.01. The number of aliphatic hydroxyl groups excluding tert-OH is 1. The van der Waals surface area contributed by atoms with E-state index in [0.29, 0.717) is 5.41 Å². The lowest BCUT2D eigenvalue weighted by Crippen LogP contribution is -2.12. The van der Waals surface area contributed by atoms with Crippen LogP contribution >= 0.6 is 0 Å². The van der Waals surface area contributed by atoms with Crippen LogP contribution in [0.1, 0.15) is 12.8 Å². The molecule has 2 rings (SSSR count). The maximum absolute atomic E-state index is 9.08. The van der Waals surface area contributed by atoms with Crippen LogP contribution in [-0.4, -0.2) is 24.3 Å². The van der Waals surface area contributed by atoms with E-state index in [1.54, 1.807) is 0 Å². The average Bonchev–Trinajstić information content (AvgIpc) is 2.29. The highest BCUT2D eigenvalue weighted by molar-refractivity contribution is 5.07. The zero-order valence-electron chi connectivity index (χ0n) is 4.85. The van der Waals surface area contributed by atoms with E-state index in [1.165, 1.54) is 6.42 Å². The third kappa shape index (κ3) is 0.446. The zero-order chi connectivity index (χ0) is 5.61. The minimum absolute atomic E-state index is 0.0255. The molecule has 2 aliphatic rings. The van der Waals surface area contributed by atoms with Gasteiger partial charge < -0.3 is 10.4 Å². The molecular weight excluding hydrogens is 102 g/mol. The summed E-state index contributed by atoms with van der Waals surface area (Å²) in [6.45, 7) is 2.16. The molecule has 0 bridgehead atoms. The maximum Gasteiger partial charge on any atom is 0.0616 e. The first-order valence-electron chi connectivity index (χ1n) is 3.22. The van der Waals surface area contributed by atoms with Gasteiger partial charge in [-0.3, -0.25) is 0 Å². The van der Waals surface area contributed by atoms with Gasteiger partial charge >= 0.3 is 0 Å². The van der Waals surface area contributed by atoms with Crippen LogP contribution in [0.15, 0.2) is 0 Å². The molecule has 0 aromatic rings. The van der Waals surface area contributed by atoms with E-state index >= 15 is 0 Å². The minimum Gasteiger partial charge on any atom is -0.392 e. The number of hydrogen-bond donors (Lipinski definition) is 2. The second kappa shape index (κ2) is 1.25. The van der Waals surface area contributed by atoms with Crippen LogP contribution in [0.3, 0.4) is 0 Å². The van der Waals surface area contributed by atoms with Crippen molar-refractivity contribution in [2.45, 2.75) is 18.9 Å². The summed E-state index contributed by atoms with van der Waals surface area (Å²) >= 11 is 0. The molecule has 0 radical (unpaired) electrons. The normalized spacial score (nSPS) is 52.9. The number of aliphatic hydroxyl groups is 1. The molecule has 2 heteroatoms. The largest absolute Gasteiger partial charge is 0.392 e. The molecule has 1 spiro atoms. The predicted molar refractivity (Wildman–Crippen MR) is 30.5 cm³/mol. The van der Waals surface area contributed by atoms with Crippen molar-refractivity contribution in [2.75, 3.05) is 13.1 Å². The van der Waals surface area contributed by atoms with Crippen LogP contribution in [0.25, 0.3) is 0 Å². The number of nitrogens with one attached hydrogen (secondary N) is 1. The van der Waals surface area contributed by atoms with Crippen molar-refractivity contribution in [2.24, 2.45) is 5.41 Å². The van der Waals surface area contributed by atoms with Gasteiger partial charge in [0, 0.05) is 12.0 Å². The van der Waals surface area contributed by atoms with Crippen molar-refractivity contribution in [1.29, 1.82) is 0 Å². The number of hydrogen-bond acceptors (Lipinski definition) is 2. The Labute approximate surface area is 48.9 Å². The highest BCUT2D eigenvalue weighted by atomic mass is 16.3. The molecule has 8 heavy (non-hydrogen) atoms. The molecule has 2 atom stereocenters. The molecular formula is C6H11NO. The van der Waals surface area contributed by atoms with E-state index < -0.39 is 0 Å². The Kier molecular flexibility index (Phi) is 0.746. The Morgan fingerprint density at radius 3 is 2.62 bits per heavy atom. The van der Waals surface area contributed by atoms with Gasteiger partial charge in [-0.15, -0.1) is 0 Å². The van der Waals surface area contributed by atoms with Crippen molar-refractivity contribution in [3.05, 3.63) is 0 Å². The molecule has 1 saturated carbocycles. The van der Waals surface area contributed by atoms with Crippen molar-refractivity contribution in [3.63, 3.8) is 0 Å². The molecule has 2 unspecified atom stereocenters. The molecule has 0 amide bonds. The van der Waals surface area contributed by atoms with Crippen LogP contribution in [0, 0.1) is 5.41 Å². The quantitative estimate of drug-likeness (QED) is 0.453. The highest BCUT2D eigenvalue weighted by Crippen LogP contribution is 2.50. The lowest BCUT2D eigenvalue weighted by atomic mass is 10.1. The predicted octanol–water partition coefficient (Wildman–Crippen LogP) is -0.269. The maximum atomic E-state index is 9.08. The van der Waals surface area contributed by atoms with Crippen LogP contribution < -0.4 is 5.32 Å². The van der Waals surface area contributed by atoms with E-state index in [4.69, 9.17) is 5.11 Å². The van der Waals surface area contributed by atoms with Gasteiger partial charge in [0.05, 0.1) is 6.10 Å². The van der Waals surface area contributed by atoms with Crippen molar-refractivity contribution >= 4 is 0 Å². The van der Waals surface area contributed by atoms with E-state index in [1.807, 2.05) is 0 Å². The summed E-state index contributed by atoms with van der Waals surface area (Å²) in [4.78, 5) is 0. The fraction of sp³-hybridized carbons (Fsp3) is 1.00. The van der Waals surface area contributed by atoms with E-state index in [0.717, 1.165) is 19.5 Å². The summed E-state index contributed by atoms with van der Waals surface area (Å²) in [6.07, 6.45) is 2.26. The standard InChI is InChI=1S/C6H11NO/c8-5-3-6(5)1-2-7-4-6/h5,7-8H,1-4H2. The monoisotopic (exact) mass is 113 g/mol. The van der Waals surface area contributed by atoms with Crippen LogP contribution in [0.5, 0.6) is 0 Å². The molecule has 2 N–H and O–H groups in total. The Bertz CT molecular complexity index is 107. The summed E-state index contributed by atoms with van der Waals surface area (Å²) in [5.74, 6) is 0. The topological polar surface area (TPSA) is 32.3 Å². The fourth-order valence-corrected chi connectivity index (χ4v) is 1.55. The Balaban J connectivity index is 2.06. The summed E-state index contributed by atoms with van der Waals surface area (Å²) in [7, 11) is 0. The Morgan fingerprint density at radius 1 is 1.62 bits per heavy atom. The highest BCUT2D eigenvalue weighted by Gasteiger charge is 2.54. The van der Waals surface area contributed by atoms with Gasteiger partial charge in [-0.2, -0.15) is 0 Å². The summed E-state index contributed by atoms with van der Waals surface area (Å²) in [5, 5.41) is 12.3. The molecule has 1 saturated heterocycles. The van der Waals surface area contributed by atoms with Gasteiger partial charge in [0.25, 0.3) is 0 Å². The minimum atomic E-state index is 0.0255. The third-order valence-electron chi connectivity index (χ3n) is 2.42. The fourth-order valence-electron chi connectivity index (χ4n) is 1.55. The molecule has 1 heterocycles. The van der Waals surface area contributed by atoms with E-state index in [-0.39, 0.29) is 6.10 Å². The van der Waals surface area contributed by atoms with Gasteiger partial charge in [-0.05, 0) is 19.4 Å². The lowest BCUT2D eigenvalue weighted by molar-refractivity contribution is 0.227. The lowest BCUT2D eigenvalue weighted by Gasteiger charge is -1.99. The molecule has 1 aliphatic heterocycles. The van der Waals surface area contributed by atoms with Crippen molar-refractivity contribution in [3.8, 4) is 0 Å². The molecule has 0 aromatic carbocycles. The SMILES string of the molecule is OC1CC12CCNC2. The van der Waals surface area contributed by atoms with Gasteiger partial charge in [0.1, 0.15) is 0 Å². The Hall–Kier alpha value is -0.0800.